The van der Waals surface area contributed by atoms with Gasteiger partial charge in [-0.1, -0.05) is 27.7 Å². The van der Waals surface area contributed by atoms with Crippen LogP contribution >= 0.6 is 0 Å². The lowest BCUT2D eigenvalue weighted by Crippen LogP contribution is -2.47. The molecule has 30 heavy (non-hydrogen) atoms. The molecule has 0 unspecified atom stereocenters. The summed E-state index contributed by atoms with van der Waals surface area (Å²) in [5, 5.41) is 0. The summed E-state index contributed by atoms with van der Waals surface area (Å²) in [6, 6.07) is 0. The standard InChI is InChI=1S/2C12H21NO2/c2*1-9(2)11-8-13(5-6-15-11)12(14)7-10-3-4-10/h2*9-11H,3-8H2,1-2H3/t2*11-/m10/s1. The van der Waals surface area contributed by atoms with Gasteiger partial charge in [-0.3, -0.25) is 9.59 Å². The zero-order valence-corrected chi connectivity index (χ0v) is 19.5. The highest BCUT2D eigenvalue weighted by Gasteiger charge is 2.31. The first-order valence-corrected chi connectivity index (χ1v) is 12.1. The number of rotatable bonds is 6. The van der Waals surface area contributed by atoms with Gasteiger partial charge in [-0.2, -0.15) is 0 Å². The van der Waals surface area contributed by atoms with Gasteiger partial charge in [0.15, 0.2) is 0 Å². The summed E-state index contributed by atoms with van der Waals surface area (Å²) in [6.07, 6.45) is 7.03. The highest BCUT2D eigenvalue weighted by Crippen LogP contribution is 2.33. The highest BCUT2D eigenvalue weighted by atomic mass is 16.5. The molecule has 4 aliphatic rings. The van der Waals surface area contributed by atoms with Crippen LogP contribution in [-0.4, -0.2) is 73.2 Å². The molecule has 2 saturated heterocycles. The molecule has 4 fully saturated rings. The molecule has 2 aliphatic heterocycles. The number of carbonyl (C=O) groups excluding carboxylic acids is 2. The predicted octanol–water partition coefficient (Wildman–Crippen LogP) is 3.34. The van der Waals surface area contributed by atoms with Gasteiger partial charge in [-0.25, -0.2) is 0 Å². The van der Waals surface area contributed by atoms with E-state index in [0.29, 0.717) is 48.7 Å². The van der Waals surface area contributed by atoms with E-state index < -0.39 is 0 Å². The molecule has 0 aromatic rings. The van der Waals surface area contributed by atoms with Crippen molar-refractivity contribution in [3.63, 3.8) is 0 Å². The number of ether oxygens (including phenoxy) is 2. The van der Waals surface area contributed by atoms with E-state index in [2.05, 4.69) is 27.7 Å². The van der Waals surface area contributed by atoms with E-state index in [9.17, 15) is 9.59 Å². The summed E-state index contributed by atoms with van der Waals surface area (Å²) in [5.41, 5.74) is 0. The van der Waals surface area contributed by atoms with E-state index in [1.807, 2.05) is 9.80 Å². The van der Waals surface area contributed by atoms with Crippen molar-refractivity contribution in [2.45, 2.75) is 78.4 Å². The van der Waals surface area contributed by atoms with E-state index in [1.54, 1.807) is 0 Å². The zero-order valence-electron chi connectivity index (χ0n) is 19.5. The SMILES string of the molecule is CC(C)[C@@H]1CN(C(=O)CC2CC2)CCO1.CC(C)[C@H]1CN(C(=O)CC2CC2)CCO1. The third-order valence-corrected chi connectivity index (χ3v) is 6.70. The van der Waals surface area contributed by atoms with Crippen LogP contribution in [0.2, 0.25) is 0 Å². The fraction of sp³-hybridized carbons (Fsp3) is 0.917. The molecule has 2 atom stereocenters. The summed E-state index contributed by atoms with van der Waals surface area (Å²) in [7, 11) is 0. The Morgan fingerprint density at radius 2 is 1.10 bits per heavy atom. The van der Waals surface area contributed by atoms with E-state index in [1.165, 1.54) is 25.7 Å². The molecule has 2 amide bonds. The second-order valence-electron chi connectivity index (χ2n) is 10.3. The van der Waals surface area contributed by atoms with Crippen molar-refractivity contribution < 1.29 is 19.1 Å². The molecule has 4 rings (SSSR count). The Morgan fingerprint density at radius 1 is 0.733 bits per heavy atom. The van der Waals surface area contributed by atoms with Crippen LogP contribution in [0.4, 0.5) is 0 Å². The number of nitrogens with zero attached hydrogens (tertiary/aromatic N) is 2. The van der Waals surface area contributed by atoms with Crippen molar-refractivity contribution in [2.24, 2.45) is 23.7 Å². The lowest BCUT2D eigenvalue weighted by molar-refractivity contribution is -0.141. The van der Waals surface area contributed by atoms with Gasteiger partial charge >= 0.3 is 0 Å². The van der Waals surface area contributed by atoms with Crippen molar-refractivity contribution in [3.05, 3.63) is 0 Å². The molecule has 172 valence electrons. The molecule has 0 bridgehead atoms. The molecule has 2 heterocycles. The topological polar surface area (TPSA) is 59.1 Å². The summed E-state index contributed by atoms with van der Waals surface area (Å²) in [5.74, 6) is 3.07. The van der Waals surface area contributed by atoms with Gasteiger partial charge < -0.3 is 19.3 Å². The number of morpholine rings is 2. The van der Waals surface area contributed by atoms with E-state index in [0.717, 1.165) is 39.0 Å². The second kappa shape index (κ2) is 10.9. The third kappa shape index (κ3) is 7.52. The van der Waals surface area contributed by atoms with E-state index in [4.69, 9.17) is 9.47 Å². The zero-order chi connectivity index (χ0) is 21.7. The van der Waals surface area contributed by atoms with Gasteiger partial charge in [0.1, 0.15) is 0 Å². The largest absolute Gasteiger partial charge is 0.374 e. The van der Waals surface area contributed by atoms with Crippen LogP contribution in [0, 0.1) is 23.7 Å². The maximum Gasteiger partial charge on any atom is 0.223 e. The molecule has 6 heteroatoms. The lowest BCUT2D eigenvalue weighted by Gasteiger charge is -2.35. The smallest absolute Gasteiger partial charge is 0.223 e. The van der Waals surface area contributed by atoms with Gasteiger partial charge in [0.05, 0.1) is 25.4 Å². The molecule has 0 N–H and O–H groups in total. The molecular formula is C24H42N2O4. The van der Waals surface area contributed by atoms with Crippen LogP contribution in [0.15, 0.2) is 0 Å². The lowest BCUT2D eigenvalue weighted by atomic mass is 10.1. The van der Waals surface area contributed by atoms with Gasteiger partial charge in [0, 0.05) is 39.0 Å². The molecule has 0 radical (unpaired) electrons. The quantitative estimate of drug-likeness (QED) is 0.659. The second-order valence-corrected chi connectivity index (χ2v) is 10.3. The van der Waals surface area contributed by atoms with Crippen molar-refractivity contribution >= 4 is 11.8 Å². The Hall–Kier alpha value is -1.14. The predicted molar refractivity (Wildman–Crippen MR) is 117 cm³/mol. The van der Waals surface area contributed by atoms with E-state index in [-0.39, 0.29) is 12.2 Å². The van der Waals surface area contributed by atoms with Crippen molar-refractivity contribution in [1.29, 1.82) is 0 Å². The molecule has 0 aromatic heterocycles. The Morgan fingerprint density at radius 3 is 1.40 bits per heavy atom. The van der Waals surface area contributed by atoms with Gasteiger partial charge in [0.2, 0.25) is 11.8 Å². The minimum atomic E-state index is 0.238. The first kappa shape index (κ1) is 23.5. The van der Waals surface area contributed by atoms with Crippen LogP contribution < -0.4 is 0 Å². The van der Waals surface area contributed by atoms with Crippen LogP contribution in [0.25, 0.3) is 0 Å². The van der Waals surface area contributed by atoms with Gasteiger partial charge in [-0.15, -0.1) is 0 Å². The first-order chi connectivity index (χ1) is 14.3. The maximum absolute atomic E-state index is 11.9. The average Bonchev–Trinajstić information content (AvgIpc) is 3.66. The Labute approximate surface area is 182 Å². The van der Waals surface area contributed by atoms with Crippen molar-refractivity contribution in [3.8, 4) is 0 Å². The number of hydrogen-bond donors (Lipinski definition) is 0. The molecular weight excluding hydrogens is 380 g/mol. The number of hydrogen-bond acceptors (Lipinski definition) is 4. The molecule has 0 aromatic carbocycles. The minimum absolute atomic E-state index is 0.238. The number of carbonyl (C=O) groups is 2. The fourth-order valence-electron chi connectivity index (χ4n) is 4.01. The summed E-state index contributed by atoms with van der Waals surface area (Å²) in [6.45, 7) is 13.2. The summed E-state index contributed by atoms with van der Waals surface area (Å²) >= 11 is 0. The monoisotopic (exact) mass is 422 g/mol. The van der Waals surface area contributed by atoms with Gasteiger partial charge in [-0.05, 0) is 49.4 Å². The highest BCUT2D eigenvalue weighted by molar-refractivity contribution is 5.77. The van der Waals surface area contributed by atoms with Crippen LogP contribution in [-0.2, 0) is 19.1 Å². The van der Waals surface area contributed by atoms with E-state index >= 15 is 0 Å². The first-order valence-electron chi connectivity index (χ1n) is 12.1. The summed E-state index contributed by atoms with van der Waals surface area (Å²) < 4.78 is 11.3. The van der Waals surface area contributed by atoms with Crippen LogP contribution in [0.5, 0.6) is 0 Å². The van der Waals surface area contributed by atoms with Gasteiger partial charge in [0.25, 0.3) is 0 Å². The Kier molecular flexibility index (Phi) is 8.58. The average molecular weight is 423 g/mol. The Bertz CT molecular complexity index is 522. The third-order valence-electron chi connectivity index (χ3n) is 6.70. The number of amides is 2. The van der Waals surface area contributed by atoms with Crippen molar-refractivity contribution in [1.82, 2.24) is 9.80 Å². The Balaban J connectivity index is 0.000000171. The molecule has 6 nitrogen and oxygen atoms in total. The maximum atomic E-state index is 11.9. The van der Waals surface area contributed by atoms with Crippen molar-refractivity contribution in [2.75, 3.05) is 39.4 Å². The van der Waals surface area contributed by atoms with Crippen LogP contribution in [0.1, 0.15) is 66.2 Å². The molecule has 2 saturated carbocycles. The summed E-state index contributed by atoms with van der Waals surface area (Å²) in [4.78, 5) is 27.8. The molecule has 2 aliphatic carbocycles. The van der Waals surface area contributed by atoms with Crippen LogP contribution in [0.3, 0.4) is 0 Å². The normalized spacial score (nSPS) is 27.1. The minimum Gasteiger partial charge on any atom is -0.374 e. The fourth-order valence-corrected chi connectivity index (χ4v) is 4.01. The molecule has 0 spiro atoms.